The normalized spacial score (nSPS) is 14.8. The summed E-state index contributed by atoms with van der Waals surface area (Å²) in [6.07, 6.45) is 3.89. The Hall–Kier alpha value is -2.11. The van der Waals surface area contributed by atoms with Crippen molar-refractivity contribution >= 4 is 27.2 Å². The van der Waals surface area contributed by atoms with E-state index < -0.39 is 0 Å². The Morgan fingerprint density at radius 3 is 2.73 bits per heavy atom. The number of likely N-dealkylation sites (tertiary alicyclic amines) is 1. The highest BCUT2D eigenvalue weighted by molar-refractivity contribution is 7.17. The zero-order valence-corrected chi connectivity index (χ0v) is 16.0. The van der Waals surface area contributed by atoms with Crippen molar-refractivity contribution in [3.8, 4) is 17.0 Å². The van der Waals surface area contributed by atoms with Gasteiger partial charge in [-0.25, -0.2) is 4.98 Å². The Labute approximate surface area is 158 Å². The maximum atomic E-state index is 5.26. The summed E-state index contributed by atoms with van der Waals surface area (Å²) in [4.78, 5) is 7.40. The number of benzene rings is 1. The summed E-state index contributed by atoms with van der Waals surface area (Å²) in [5, 5.41) is 5.77. The Morgan fingerprint density at radius 1 is 1.15 bits per heavy atom. The van der Waals surface area contributed by atoms with Crippen molar-refractivity contribution in [2.45, 2.75) is 19.3 Å². The summed E-state index contributed by atoms with van der Waals surface area (Å²) in [5.41, 5.74) is 4.36. The predicted octanol–water partition coefficient (Wildman–Crippen LogP) is 4.87. The Balaban J connectivity index is 1.50. The summed E-state index contributed by atoms with van der Waals surface area (Å²) in [6, 6.07) is 12.4. The molecule has 0 atom stereocenters. The summed E-state index contributed by atoms with van der Waals surface area (Å²) < 4.78 is 6.50. The molecule has 0 saturated carbocycles. The van der Waals surface area contributed by atoms with Crippen molar-refractivity contribution in [2.24, 2.45) is 0 Å². The first-order chi connectivity index (χ1) is 12.8. The van der Waals surface area contributed by atoms with Gasteiger partial charge in [0.15, 0.2) is 0 Å². The number of nitrogens with one attached hydrogen (secondary N) is 1. The van der Waals surface area contributed by atoms with Gasteiger partial charge in [-0.05, 0) is 80.7 Å². The van der Waals surface area contributed by atoms with Crippen LogP contribution in [-0.4, -0.2) is 43.2 Å². The van der Waals surface area contributed by atoms with Crippen molar-refractivity contribution < 1.29 is 4.74 Å². The van der Waals surface area contributed by atoms with E-state index in [1.165, 1.54) is 49.3 Å². The molecule has 5 heteroatoms. The largest absolute Gasteiger partial charge is 0.497 e. The molecule has 2 aromatic heterocycles. The van der Waals surface area contributed by atoms with Gasteiger partial charge in [-0.2, -0.15) is 0 Å². The first kappa shape index (κ1) is 17.3. The van der Waals surface area contributed by atoms with Gasteiger partial charge in [0.05, 0.1) is 28.7 Å². The monoisotopic (exact) mass is 367 g/mol. The van der Waals surface area contributed by atoms with Gasteiger partial charge in [0, 0.05) is 12.1 Å². The molecule has 4 nitrogen and oxygen atoms in total. The molecule has 1 aliphatic rings. The van der Waals surface area contributed by atoms with E-state index in [0.29, 0.717) is 0 Å². The van der Waals surface area contributed by atoms with Gasteiger partial charge in [0.2, 0.25) is 0 Å². The predicted molar refractivity (Wildman–Crippen MR) is 110 cm³/mol. The third-order valence-electron chi connectivity index (χ3n) is 4.96. The number of aromatic nitrogens is 1. The van der Waals surface area contributed by atoms with Gasteiger partial charge in [0.25, 0.3) is 0 Å². The molecule has 1 aliphatic heterocycles. The van der Waals surface area contributed by atoms with Crippen LogP contribution in [0.1, 0.15) is 19.3 Å². The van der Waals surface area contributed by atoms with Gasteiger partial charge in [0.1, 0.15) is 5.75 Å². The average Bonchev–Trinajstić information content (AvgIpc) is 3.36. The maximum Gasteiger partial charge on any atom is 0.118 e. The molecule has 0 aliphatic carbocycles. The van der Waals surface area contributed by atoms with E-state index in [1.807, 2.05) is 12.1 Å². The van der Waals surface area contributed by atoms with Gasteiger partial charge in [-0.15, -0.1) is 11.3 Å². The standard InChI is InChI=1S/C21H25N3OS/c1-25-17-7-5-16(6-8-17)19-15-20(21-18(23-19)9-14-26-21)22-10-4-13-24-11-2-3-12-24/h5-9,14-15H,2-4,10-13H2,1H3,(H,22,23). The van der Waals surface area contributed by atoms with Crippen LogP contribution in [0.4, 0.5) is 5.69 Å². The molecule has 0 amide bonds. The smallest absolute Gasteiger partial charge is 0.118 e. The van der Waals surface area contributed by atoms with Crippen LogP contribution >= 0.6 is 11.3 Å². The molecule has 4 rings (SSSR count). The second kappa shape index (κ2) is 8.06. The first-order valence-electron chi connectivity index (χ1n) is 9.32. The van der Waals surface area contributed by atoms with Crippen LogP contribution in [0, 0.1) is 0 Å². The second-order valence-corrected chi connectivity index (χ2v) is 7.66. The fourth-order valence-electron chi connectivity index (χ4n) is 3.53. The molecule has 26 heavy (non-hydrogen) atoms. The van der Waals surface area contributed by atoms with Crippen LogP contribution < -0.4 is 10.1 Å². The van der Waals surface area contributed by atoms with E-state index in [1.54, 1.807) is 18.4 Å². The molecule has 136 valence electrons. The Bertz CT molecular complexity index is 853. The average molecular weight is 368 g/mol. The number of ether oxygens (including phenoxy) is 1. The number of hydrogen-bond acceptors (Lipinski definition) is 5. The van der Waals surface area contributed by atoms with Gasteiger partial charge in [-0.3, -0.25) is 0 Å². The van der Waals surface area contributed by atoms with Gasteiger partial charge in [-0.1, -0.05) is 0 Å². The molecule has 1 N–H and O–H groups in total. The van der Waals surface area contributed by atoms with Crippen LogP contribution in [0.5, 0.6) is 5.75 Å². The third-order valence-corrected chi connectivity index (χ3v) is 5.90. The minimum Gasteiger partial charge on any atom is -0.497 e. The second-order valence-electron chi connectivity index (χ2n) is 6.75. The van der Waals surface area contributed by atoms with Crippen LogP contribution in [0.2, 0.25) is 0 Å². The number of hydrogen-bond donors (Lipinski definition) is 1. The van der Waals surface area contributed by atoms with Crippen LogP contribution in [0.25, 0.3) is 21.5 Å². The zero-order valence-electron chi connectivity index (χ0n) is 15.2. The topological polar surface area (TPSA) is 37.4 Å². The fraction of sp³-hybridized carbons (Fsp3) is 0.381. The molecule has 0 bridgehead atoms. The summed E-state index contributed by atoms with van der Waals surface area (Å²) in [6.45, 7) is 4.73. The molecule has 3 heterocycles. The minimum absolute atomic E-state index is 0.866. The number of fused-ring (bicyclic) bond motifs is 1. The lowest BCUT2D eigenvalue weighted by Crippen LogP contribution is -2.22. The van der Waals surface area contributed by atoms with E-state index in [4.69, 9.17) is 9.72 Å². The lowest BCUT2D eigenvalue weighted by Gasteiger charge is -2.15. The van der Waals surface area contributed by atoms with Crippen LogP contribution in [0.15, 0.2) is 41.8 Å². The number of methoxy groups -OCH3 is 1. The van der Waals surface area contributed by atoms with Crippen molar-refractivity contribution in [3.63, 3.8) is 0 Å². The van der Waals surface area contributed by atoms with Gasteiger partial charge >= 0.3 is 0 Å². The van der Waals surface area contributed by atoms with E-state index in [-0.39, 0.29) is 0 Å². The number of pyridine rings is 1. The maximum absolute atomic E-state index is 5.26. The van der Waals surface area contributed by atoms with E-state index in [2.05, 4.69) is 39.9 Å². The molecular formula is C21H25N3OS. The third kappa shape index (κ3) is 3.84. The number of thiophene rings is 1. The highest BCUT2D eigenvalue weighted by atomic mass is 32.1. The van der Waals surface area contributed by atoms with E-state index in [0.717, 1.165) is 29.1 Å². The van der Waals surface area contributed by atoms with Crippen molar-refractivity contribution in [1.82, 2.24) is 9.88 Å². The highest BCUT2D eigenvalue weighted by Gasteiger charge is 2.11. The Kier molecular flexibility index (Phi) is 5.37. The van der Waals surface area contributed by atoms with Crippen molar-refractivity contribution in [2.75, 3.05) is 38.6 Å². The lowest BCUT2D eigenvalue weighted by atomic mass is 10.1. The molecular weight excluding hydrogens is 342 g/mol. The van der Waals surface area contributed by atoms with E-state index >= 15 is 0 Å². The molecule has 1 fully saturated rings. The quantitative estimate of drug-likeness (QED) is 0.605. The highest BCUT2D eigenvalue weighted by Crippen LogP contribution is 2.32. The zero-order chi connectivity index (χ0) is 17.8. The summed E-state index contributed by atoms with van der Waals surface area (Å²) in [5.74, 6) is 0.866. The number of rotatable bonds is 7. The van der Waals surface area contributed by atoms with Gasteiger partial charge < -0.3 is 15.0 Å². The SMILES string of the molecule is COc1ccc(-c2cc(NCCCN3CCCC3)c3sccc3n2)cc1. The fourth-order valence-corrected chi connectivity index (χ4v) is 4.35. The molecule has 1 saturated heterocycles. The van der Waals surface area contributed by atoms with E-state index in [9.17, 15) is 0 Å². The van der Waals surface area contributed by atoms with Crippen LogP contribution in [0.3, 0.4) is 0 Å². The summed E-state index contributed by atoms with van der Waals surface area (Å²) in [7, 11) is 1.69. The number of anilines is 1. The molecule has 0 spiro atoms. The Morgan fingerprint density at radius 2 is 1.96 bits per heavy atom. The summed E-state index contributed by atoms with van der Waals surface area (Å²) >= 11 is 1.75. The lowest BCUT2D eigenvalue weighted by molar-refractivity contribution is 0.337. The molecule has 3 aromatic rings. The molecule has 1 aromatic carbocycles. The van der Waals surface area contributed by atoms with Crippen molar-refractivity contribution in [3.05, 3.63) is 41.8 Å². The van der Waals surface area contributed by atoms with Crippen molar-refractivity contribution in [1.29, 1.82) is 0 Å². The number of nitrogens with zero attached hydrogens (tertiary/aromatic N) is 2. The minimum atomic E-state index is 0.866. The van der Waals surface area contributed by atoms with Crippen LogP contribution in [-0.2, 0) is 0 Å². The first-order valence-corrected chi connectivity index (χ1v) is 10.2. The molecule has 0 radical (unpaired) electrons. The molecule has 0 unspecified atom stereocenters.